The van der Waals surface area contributed by atoms with Gasteiger partial charge in [-0.25, -0.2) is 0 Å². The second-order valence-electron chi connectivity index (χ2n) is 6.28. The molecule has 1 saturated heterocycles. The third-order valence-corrected chi connectivity index (χ3v) is 4.54. The number of carbonyl (C=O) groups excluding carboxylic acids is 2. The van der Waals surface area contributed by atoms with Crippen LogP contribution in [-0.2, 0) is 11.3 Å². The van der Waals surface area contributed by atoms with Crippen LogP contribution < -0.4 is 5.73 Å². The van der Waals surface area contributed by atoms with Crippen molar-refractivity contribution in [3.8, 4) is 0 Å². The molecule has 2 N–H and O–H groups in total. The van der Waals surface area contributed by atoms with Crippen LogP contribution in [-0.4, -0.2) is 62.3 Å². The van der Waals surface area contributed by atoms with E-state index in [1.54, 1.807) is 28.3 Å². The largest absolute Gasteiger partial charge is 0.398 e. The summed E-state index contributed by atoms with van der Waals surface area (Å²) in [6, 6.07) is 5.38. The maximum Gasteiger partial charge on any atom is 0.256 e. The van der Waals surface area contributed by atoms with Crippen molar-refractivity contribution in [3.05, 3.63) is 41.7 Å². The number of piperazine rings is 1. The zero-order chi connectivity index (χ0) is 18.0. The summed E-state index contributed by atoms with van der Waals surface area (Å²) >= 11 is 0. The number of anilines is 1. The lowest BCUT2D eigenvalue weighted by molar-refractivity contribution is -0.134. The Balaban J connectivity index is 1.66. The van der Waals surface area contributed by atoms with Crippen LogP contribution in [0.15, 0.2) is 30.6 Å². The molecule has 1 aromatic carbocycles. The predicted octanol–water partition coefficient (Wildman–Crippen LogP) is 0.542. The highest BCUT2D eigenvalue weighted by atomic mass is 16.2. The maximum atomic E-state index is 12.8. The first-order valence-electron chi connectivity index (χ1n) is 8.25. The number of nitrogen functional groups attached to an aromatic ring is 1. The van der Waals surface area contributed by atoms with Crippen molar-refractivity contribution in [2.45, 2.75) is 26.4 Å². The van der Waals surface area contributed by atoms with Crippen molar-refractivity contribution >= 4 is 17.5 Å². The maximum absolute atomic E-state index is 12.8. The molecule has 0 bridgehead atoms. The van der Waals surface area contributed by atoms with E-state index >= 15 is 0 Å². The Morgan fingerprint density at radius 3 is 2.64 bits per heavy atom. The molecule has 0 radical (unpaired) electrons. The predicted molar refractivity (Wildman–Crippen MR) is 92.7 cm³/mol. The van der Waals surface area contributed by atoms with Crippen LogP contribution >= 0.6 is 0 Å². The van der Waals surface area contributed by atoms with Crippen molar-refractivity contribution in [2.24, 2.45) is 0 Å². The van der Waals surface area contributed by atoms with Crippen molar-refractivity contribution < 1.29 is 9.59 Å². The number of hydrogen-bond donors (Lipinski definition) is 1. The normalized spacial score (nSPS) is 17.6. The summed E-state index contributed by atoms with van der Waals surface area (Å²) in [5.41, 5.74) is 7.98. The van der Waals surface area contributed by atoms with E-state index in [0.29, 0.717) is 30.9 Å². The van der Waals surface area contributed by atoms with E-state index in [-0.39, 0.29) is 24.4 Å². The van der Waals surface area contributed by atoms with Gasteiger partial charge in [-0.05, 0) is 25.5 Å². The summed E-state index contributed by atoms with van der Waals surface area (Å²) in [6.07, 6.45) is 3.08. The number of carbonyl (C=O) groups is 2. The molecule has 0 spiro atoms. The fourth-order valence-corrected chi connectivity index (χ4v) is 3.05. The minimum atomic E-state index is -0.0884. The van der Waals surface area contributed by atoms with Gasteiger partial charge in [-0.1, -0.05) is 12.1 Å². The third-order valence-electron chi connectivity index (χ3n) is 4.54. The lowest BCUT2D eigenvalue weighted by atomic mass is 10.1. The van der Waals surface area contributed by atoms with Gasteiger partial charge < -0.3 is 15.5 Å². The molecule has 1 atom stereocenters. The minimum absolute atomic E-state index is 0.0507. The number of aryl methyl sites for hydroxylation is 1. The SMILES string of the molecule is Cc1cccc(C(=O)N2CCN(C(=O)Cn3nccn3)CC2C)c1N. The first kappa shape index (κ1) is 16.9. The first-order valence-corrected chi connectivity index (χ1v) is 8.25. The van der Waals surface area contributed by atoms with Crippen LogP contribution in [0, 0.1) is 6.92 Å². The third kappa shape index (κ3) is 3.47. The standard InChI is InChI=1S/C17H22N6O2/c1-12-4-3-5-14(16(12)18)17(25)22-9-8-21(10-13(22)2)15(24)11-23-19-6-7-20-23/h3-7,13H,8-11,18H2,1-2H3. The second-order valence-corrected chi connectivity index (χ2v) is 6.28. The summed E-state index contributed by atoms with van der Waals surface area (Å²) in [6.45, 7) is 5.38. The summed E-state index contributed by atoms with van der Waals surface area (Å²) in [4.78, 5) is 30.1. The Hall–Kier alpha value is -2.90. The first-order chi connectivity index (χ1) is 12.0. The number of rotatable bonds is 3. The number of para-hydroxylation sites is 1. The Morgan fingerprint density at radius 1 is 1.24 bits per heavy atom. The molecular weight excluding hydrogens is 320 g/mol. The van der Waals surface area contributed by atoms with Gasteiger partial charge in [0.15, 0.2) is 0 Å². The van der Waals surface area contributed by atoms with Crippen LogP contribution in [0.1, 0.15) is 22.8 Å². The van der Waals surface area contributed by atoms with E-state index in [1.807, 2.05) is 26.0 Å². The van der Waals surface area contributed by atoms with Gasteiger partial charge in [-0.15, -0.1) is 0 Å². The summed E-state index contributed by atoms with van der Waals surface area (Å²) in [7, 11) is 0. The lowest BCUT2D eigenvalue weighted by Crippen LogP contribution is -2.56. The Labute approximate surface area is 146 Å². The summed E-state index contributed by atoms with van der Waals surface area (Å²) in [5.74, 6) is -0.139. The zero-order valence-electron chi connectivity index (χ0n) is 14.4. The highest BCUT2D eigenvalue weighted by Crippen LogP contribution is 2.21. The Morgan fingerprint density at radius 2 is 1.96 bits per heavy atom. The molecule has 0 aliphatic carbocycles. The number of nitrogens with two attached hydrogens (primary N) is 1. The second kappa shape index (κ2) is 6.92. The molecular formula is C17H22N6O2. The molecule has 25 heavy (non-hydrogen) atoms. The van der Waals surface area contributed by atoms with Crippen LogP contribution in [0.4, 0.5) is 5.69 Å². The lowest BCUT2D eigenvalue weighted by Gasteiger charge is -2.40. The molecule has 2 aromatic rings. The van der Waals surface area contributed by atoms with E-state index in [4.69, 9.17) is 5.73 Å². The van der Waals surface area contributed by atoms with Crippen LogP contribution in [0.2, 0.25) is 0 Å². The van der Waals surface area contributed by atoms with E-state index in [2.05, 4.69) is 10.2 Å². The fourth-order valence-electron chi connectivity index (χ4n) is 3.05. The topological polar surface area (TPSA) is 97.4 Å². The van der Waals surface area contributed by atoms with E-state index in [0.717, 1.165) is 5.56 Å². The van der Waals surface area contributed by atoms with Crippen molar-refractivity contribution in [3.63, 3.8) is 0 Å². The molecule has 1 unspecified atom stereocenters. The molecule has 2 heterocycles. The molecule has 1 aliphatic rings. The van der Waals surface area contributed by atoms with Gasteiger partial charge in [0.25, 0.3) is 5.91 Å². The molecule has 1 fully saturated rings. The van der Waals surface area contributed by atoms with Gasteiger partial charge in [-0.2, -0.15) is 15.0 Å². The molecule has 132 valence electrons. The monoisotopic (exact) mass is 342 g/mol. The Kier molecular flexibility index (Phi) is 4.69. The number of benzene rings is 1. The average molecular weight is 342 g/mol. The van der Waals surface area contributed by atoms with E-state index in [1.165, 1.54) is 4.80 Å². The minimum Gasteiger partial charge on any atom is -0.398 e. The van der Waals surface area contributed by atoms with Crippen LogP contribution in [0.25, 0.3) is 0 Å². The van der Waals surface area contributed by atoms with Crippen molar-refractivity contribution in [2.75, 3.05) is 25.4 Å². The fraction of sp³-hybridized carbons (Fsp3) is 0.412. The quantitative estimate of drug-likeness (QED) is 0.821. The van der Waals surface area contributed by atoms with Gasteiger partial charge in [0.05, 0.1) is 18.0 Å². The van der Waals surface area contributed by atoms with Gasteiger partial charge in [-0.3, -0.25) is 9.59 Å². The number of hydrogen-bond acceptors (Lipinski definition) is 5. The number of amides is 2. The molecule has 2 amide bonds. The van der Waals surface area contributed by atoms with E-state index < -0.39 is 0 Å². The van der Waals surface area contributed by atoms with Crippen LogP contribution in [0.5, 0.6) is 0 Å². The Bertz CT molecular complexity index is 773. The smallest absolute Gasteiger partial charge is 0.256 e. The average Bonchev–Trinajstić information content (AvgIpc) is 3.09. The summed E-state index contributed by atoms with van der Waals surface area (Å²) in [5, 5.41) is 7.90. The van der Waals surface area contributed by atoms with Crippen molar-refractivity contribution in [1.29, 1.82) is 0 Å². The highest BCUT2D eigenvalue weighted by molar-refractivity contribution is 6.00. The van der Waals surface area contributed by atoms with Crippen LogP contribution in [0.3, 0.4) is 0 Å². The van der Waals surface area contributed by atoms with Crippen molar-refractivity contribution in [1.82, 2.24) is 24.8 Å². The van der Waals surface area contributed by atoms with Gasteiger partial charge >= 0.3 is 0 Å². The summed E-state index contributed by atoms with van der Waals surface area (Å²) < 4.78 is 0. The molecule has 1 aromatic heterocycles. The molecule has 0 saturated carbocycles. The zero-order valence-corrected chi connectivity index (χ0v) is 14.4. The van der Waals surface area contributed by atoms with Gasteiger partial charge in [0.2, 0.25) is 5.91 Å². The van der Waals surface area contributed by atoms with Gasteiger partial charge in [0, 0.05) is 31.4 Å². The molecule has 1 aliphatic heterocycles. The van der Waals surface area contributed by atoms with E-state index in [9.17, 15) is 9.59 Å². The number of aromatic nitrogens is 3. The molecule has 8 nitrogen and oxygen atoms in total. The molecule has 3 rings (SSSR count). The highest BCUT2D eigenvalue weighted by Gasteiger charge is 2.31. The number of nitrogens with zero attached hydrogens (tertiary/aromatic N) is 5. The molecule has 8 heteroatoms. The van der Waals surface area contributed by atoms with Gasteiger partial charge in [0.1, 0.15) is 6.54 Å².